The predicted octanol–water partition coefficient (Wildman–Crippen LogP) is -0.354. The molecule has 0 aromatic carbocycles. The summed E-state index contributed by atoms with van der Waals surface area (Å²) in [5.74, 6) is 0. The average molecular weight is 388 g/mol. The number of aromatic amines is 4. The number of rotatable bonds is 4. The molecule has 0 fully saturated rings. The summed E-state index contributed by atoms with van der Waals surface area (Å²) in [5.41, 5.74) is -0.130. The van der Waals surface area contributed by atoms with E-state index in [1.165, 1.54) is 21.8 Å². The van der Waals surface area contributed by atoms with Crippen molar-refractivity contribution < 1.29 is 0 Å². The highest BCUT2D eigenvalue weighted by molar-refractivity contribution is 5.68. The summed E-state index contributed by atoms with van der Waals surface area (Å²) in [6.07, 6.45) is 4.25. The van der Waals surface area contributed by atoms with Gasteiger partial charge in [-0.3, -0.25) is 28.7 Å². The van der Waals surface area contributed by atoms with Crippen molar-refractivity contribution in [2.75, 3.05) is 0 Å². The van der Waals surface area contributed by atoms with E-state index in [1.54, 1.807) is 0 Å². The first kappa shape index (κ1) is 19.1. The zero-order valence-electron chi connectivity index (χ0n) is 15.4. The minimum absolute atomic E-state index is 0.312. The summed E-state index contributed by atoms with van der Waals surface area (Å²) >= 11 is 0. The molecule has 0 aliphatic heterocycles. The van der Waals surface area contributed by atoms with Gasteiger partial charge in [0.1, 0.15) is 11.0 Å². The molecule has 148 valence electrons. The zero-order chi connectivity index (χ0) is 20.3. The Morgan fingerprint density at radius 1 is 0.750 bits per heavy atom. The molecule has 4 heterocycles. The lowest BCUT2D eigenvalue weighted by molar-refractivity contribution is 0.622. The number of hydrogen-bond donors (Lipinski definition) is 4. The molecule has 4 N–H and O–H groups in total. The third kappa shape index (κ3) is 3.43. The lowest BCUT2D eigenvalue weighted by atomic mass is 10.4. The van der Waals surface area contributed by atoms with Gasteiger partial charge in [-0.05, 0) is 12.8 Å². The quantitative estimate of drug-likeness (QED) is 0.372. The van der Waals surface area contributed by atoms with Crippen molar-refractivity contribution in [1.82, 2.24) is 39.0 Å². The average Bonchev–Trinajstić information content (AvgIpc) is 3.32. The van der Waals surface area contributed by atoms with E-state index in [2.05, 4.69) is 29.9 Å². The van der Waals surface area contributed by atoms with Gasteiger partial charge in [-0.25, -0.2) is 19.6 Å². The van der Waals surface area contributed by atoms with Gasteiger partial charge in [-0.2, -0.15) is 0 Å². The Labute approximate surface area is 156 Å². The molecule has 4 rings (SSSR count). The topological polar surface area (TPSA) is 167 Å². The standard InChI is InChI=1S/2C8H10N4O2/c2*1-2-3-12-7(13)5-6(10-4-9-5)11-8(12)14/h2*4H,2-3H2,1H3,(H,9,10)(H,11,14). The fourth-order valence-electron chi connectivity index (χ4n) is 2.75. The minimum Gasteiger partial charge on any atom is -0.339 e. The molecule has 0 bridgehead atoms. The van der Waals surface area contributed by atoms with E-state index < -0.39 is 11.4 Å². The number of H-pyrrole nitrogens is 4. The molecule has 0 aliphatic carbocycles. The molecule has 0 spiro atoms. The van der Waals surface area contributed by atoms with Crippen LogP contribution in [0, 0.1) is 0 Å². The summed E-state index contributed by atoms with van der Waals surface area (Å²) in [6, 6.07) is 0. The number of imidazole rings is 2. The Morgan fingerprint density at radius 2 is 1.14 bits per heavy atom. The Hall–Kier alpha value is -3.70. The molecule has 0 aliphatic rings. The van der Waals surface area contributed by atoms with Gasteiger partial charge in [-0.15, -0.1) is 0 Å². The van der Waals surface area contributed by atoms with E-state index in [9.17, 15) is 19.2 Å². The number of aromatic nitrogens is 8. The number of hydrogen-bond acceptors (Lipinski definition) is 6. The largest absolute Gasteiger partial charge is 0.339 e. The van der Waals surface area contributed by atoms with E-state index in [0.29, 0.717) is 35.4 Å². The maximum absolute atomic E-state index is 11.7. The number of nitrogens with zero attached hydrogens (tertiary/aromatic N) is 4. The fraction of sp³-hybridized carbons (Fsp3) is 0.375. The second kappa shape index (κ2) is 7.90. The van der Waals surface area contributed by atoms with Crippen LogP contribution in [0.1, 0.15) is 26.7 Å². The van der Waals surface area contributed by atoms with Crippen molar-refractivity contribution in [1.29, 1.82) is 0 Å². The zero-order valence-corrected chi connectivity index (χ0v) is 15.4. The molecule has 0 unspecified atom stereocenters. The van der Waals surface area contributed by atoms with Crippen LogP contribution in [0.25, 0.3) is 22.3 Å². The lowest BCUT2D eigenvalue weighted by Crippen LogP contribution is -2.34. The third-order valence-corrected chi connectivity index (χ3v) is 4.03. The summed E-state index contributed by atoms with van der Waals surface area (Å²) < 4.78 is 2.33. The van der Waals surface area contributed by atoms with Gasteiger partial charge >= 0.3 is 11.4 Å². The van der Waals surface area contributed by atoms with Gasteiger partial charge in [0.05, 0.1) is 12.7 Å². The molecule has 0 atom stereocenters. The molecule has 0 saturated heterocycles. The lowest BCUT2D eigenvalue weighted by Gasteiger charge is -2.00. The summed E-state index contributed by atoms with van der Waals surface area (Å²) in [5, 5.41) is 0. The van der Waals surface area contributed by atoms with Crippen LogP contribution >= 0.6 is 0 Å². The van der Waals surface area contributed by atoms with Crippen LogP contribution in [-0.2, 0) is 13.1 Å². The number of nitrogens with one attached hydrogen (secondary N) is 4. The maximum Gasteiger partial charge on any atom is 0.330 e. The van der Waals surface area contributed by atoms with Crippen molar-refractivity contribution in [3.63, 3.8) is 0 Å². The van der Waals surface area contributed by atoms with E-state index >= 15 is 0 Å². The van der Waals surface area contributed by atoms with Crippen LogP contribution in [0.3, 0.4) is 0 Å². The summed E-state index contributed by atoms with van der Waals surface area (Å²) in [7, 11) is 0. The summed E-state index contributed by atoms with van der Waals surface area (Å²) in [6.45, 7) is 4.65. The second-order valence-electron chi connectivity index (χ2n) is 6.03. The first-order chi connectivity index (χ1) is 13.5. The fourth-order valence-corrected chi connectivity index (χ4v) is 2.75. The highest BCUT2D eigenvalue weighted by Gasteiger charge is 2.08. The third-order valence-electron chi connectivity index (χ3n) is 4.03. The van der Waals surface area contributed by atoms with Crippen LogP contribution in [-0.4, -0.2) is 39.0 Å². The van der Waals surface area contributed by atoms with Gasteiger partial charge in [0.25, 0.3) is 11.1 Å². The van der Waals surface area contributed by atoms with Gasteiger partial charge < -0.3 is 9.97 Å². The molecule has 4 aromatic rings. The highest BCUT2D eigenvalue weighted by atomic mass is 16.2. The molecular formula is C16H20N8O4. The van der Waals surface area contributed by atoms with E-state index in [-0.39, 0.29) is 11.1 Å². The van der Waals surface area contributed by atoms with Gasteiger partial charge in [0, 0.05) is 13.1 Å². The molecule has 28 heavy (non-hydrogen) atoms. The van der Waals surface area contributed by atoms with Crippen molar-refractivity contribution in [3.05, 3.63) is 54.3 Å². The predicted molar refractivity (Wildman–Crippen MR) is 103 cm³/mol. The van der Waals surface area contributed by atoms with Crippen LogP contribution < -0.4 is 22.5 Å². The Bertz CT molecular complexity index is 1230. The Morgan fingerprint density at radius 3 is 1.50 bits per heavy atom. The van der Waals surface area contributed by atoms with Gasteiger partial charge in [0.2, 0.25) is 0 Å². The van der Waals surface area contributed by atoms with Crippen molar-refractivity contribution in [2.24, 2.45) is 0 Å². The van der Waals surface area contributed by atoms with E-state index in [1.807, 2.05) is 13.8 Å². The van der Waals surface area contributed by atoms with Crippen LogP contribution in [0.15, 0.2) is 31.8 Å². The van der Waals surface area contributed by atoms with Crippen molar-refractivity contribution >= 4 is 22.3 Å². The Kier molecular flexibility index (Phi) is 5.38. The molecule has 0 saturated carbocycles. The Balaban J connectivity index is 0.000000161. The van der Waals surface area contributed by atoms with Crippen LogP contribution in [0.5, 0.6) is 0 Å². The highest BCUT2D eigenvalue weighted by Crippen LogP contribution is 1.96. The SMILES string of the molecule is CCCn1c(=O)[nH]c2nc[nH]c2c1=O.CCCn1c(=O)[nH]c2nc[nH]c2c1=O. The van der Waals surface area contributed by atoms with Gasteiger partial charge in [-0.1, -0.05) is 13.8 Å². The molecule has 4 aromatic heterocycles. The monoisotopic (exact) mass is 388 g/mol. The minimum atomic E-state index is -0.406. The molecule has 12 nitrogen and oxygen atoms in total. The molecule has 12 heteroatoms. The normalized spacial score (nSPS) is 10.9. The van der Waals surface area contributed by atoms with Crippen LogP contribution in [0.4, 0.5) is 0 Å². The molecular weight excluding hydrogens is 368 g/mol. The van der Waals surface area contributed by atoms with Crippen molar-refractivity contribution in [2.45, 2.75) is 39.8 Å². The maximum atomic E-state index is 11.7. The summed E-state index contributed by atoms with van der Waals surface area (Å²) in [4.78, 5) is 64.2. The first-order valence-corrected chi connectivity index (χ1v) is 8.80. The van der Waals surface area contributed by atoms with E-state index in [4.69, 9.17) is 0 Å². The van der Waals surface area contributed by atoms with Crippen molar-refractivity contribution in [3.8, 4) is 0 Å². The number of fused-ring (bicyclic) bond motifs is 2. The first-order valence-electron chi connectivity index (χ1n) is 8.80. The van der Waals surface area contributed by atoms with Crippen LogP contribution in [0.2, 0.25) is 0 Å². The van der Waals surface area contributed by atoms with E-state index in [0.717, 1.165) is 12.8 Å². The molecule has 0 amide bonds. The van der Waals surface area contributed by atoms with Gasteiger partial charge in [0.15, 0.2) is 11.3 Å². The smallest absolute Gasteiger partial charge is 0.330 e. The molecule has 0 radical (unpaired) electrons. The second-order valence-corrected chi connectivity index (χ2v) is 6.03.